The van der Waals surface area contributed by atoms with Crippen LogP contribution in [0.4, 0.5) is 0 Å². The molecule has 0 fully saturated rings. The first kappa shape index (κ1) is 29.8. The summed E-state index contributed by atoms with van der Waals surface area (Å²) in [6.45, 7) is 7.89. The molecule has 0 saturated carbocycles. The summed E-state index contributed by atoms with van der Waals surface area (Å²) in [5, 5.41) is 1.01. The second kappa shape index (κ2) is 11.6. The van der Waals surface area contributed by atoms with Gasteiger partial charge in [0.2, 0.25) is 10.0 Å². The Kier molecular flexibility index (Phi) is 8.02. The second-order valence-electron chi connectivity index (χ2n) is 10.8. The number of hydrogen-bond donors (Lipinski definition) is 2. The Balaban J connectivity index is 1.78. The summed E-state index contributed by atoms with van der Waals surface area (Å²) in [6, 6.07) is 16.7. The first-order chi connectivity index (χ1) is 20.4. The number of nitrogens with zero attached hydrogens (tertiary/aromatic N) is 2. The van der Waals surface area contributed by atoms with Gasteiger partial charge >= 0.3 is 11.7 Å². The van der Waals surface area contributed by atoms with E-state index in [0.717, 1.165) is 33.8 Å². The van der Waals surface area contributed by atoms with Gasteiger partial charge in [-0.25, -0.2) is 17.9 Å². The minimum Gasteiger partial charge on any atom is -0.466 e. The molecule has 0 aliphatic carbocycles. The van der Waals surface area contributed by atoms with Gasteiger partial charge in [0, 0.05) is 28.2 Å². The Labute approximate surface area is 249 Å². The SMILES string of the molecule is CCOC(=O)C[C@H](c1ccccc1)n1c(=O)n(C(C)c2c[nH]c3cc(C)cc(C)c23)c2ccc(C(=O)NS(C)(=O)=O)cc21. The van der Waals surface area contributed by atoms with Crippen molar-refractivity contribution in [2.45, 2.75) is 46.2 Å². The molecule has 0 aliphatic heterocycles. The van der Waals surface area contributed by atoms with Gasteiger partial charge < -0.3 is 9.72 Å². The lowest BCUT2D eigenvalue weighted by molar-refractivity contribution is -0.143. The van der Waals surface area contributed by atoms with Crippen molar-refractivity contribution in [2.75, 3.05) is 12.9 Å². The monoisotopic (exact) mass is 602 g/mol. The molecule has 0 radical (unpaired) electrons. The highest BCUT2D eigenvalue weighted by atomic mass is 32.2. The number of imidazole rings is 1. The highest BCUT2D eigenvalue weighted by molar-refractivity contribution is 7.89. The number of sulfonamides is 1. The number of carbonyl (C=O) groups excluding carboxylic acids is 2. The molecule has 2 aromatic heterocycles. The lowest BCUT2D eigenvalue weighted by atomic mass is 10.0. The molecular formula is C32H34N4O6S. The van der Waals surface area contributed by atoms with Crippen LogP contribution in [-0.4, -0.2) is 47.3 Å². The maximum Gasteiger partial charge on any atom is 0.330 e. The zero-order valence-electron chi connectivity index (χ0n) is 24.7. The Morgan fingerprint density at radius 2 is 1.72 bits per heavy atom. The lowest BCUT2D eigenvalue weighted by Gasteiger charge is -2.19. The minimum atomic E-state index is -3.83. The number of fused-ring (bicyclic) bond motifs is 2. The van der Waals surface area contributed by atoms with Crippen LogP contribution >= 0.6 is 0 Å². The number of nitrogens with one attached hydrogen (secondary N) is 2. The third kappa shape index (κ3) is 5.85. The number of rotatable bonds is 9. The Morgan fingerprint density at radius 1 is 1.00 bits per heavy atom. The van der Waals surface area contributed by atoms with Crippen molar-refractivity contribution in [3.05, 3.63) is 105 Å². The molecule has 0 spiro atoms. The highest BCUT2D eigenvalue weighted by Crippen LogP contribution is 2.33. The van der Waals surface area contributed by atoms with Gasteiger partial charge in [0.25, 0.3) is 5.91 Å². The van der Waals surface area contributed by atoms with Crippen LogP contribution in [0.3, 0.4) is 0 Å². The third-order valence-electron chi connectivity index (χ3n) is 7.60. The quantitative estimate of drug-likeness (QED) is 0.234. The largest absolute Gasteiger partial charge is 0.466 e. The number of H-pyrrole nitrogens is 1. The molecular weight excluding hydrogens is 568 g/mol. The van der Waals surface area contributed by atoms with Gasteiger partial charge in [-0.3, -0.25) is 18.7 Å². The van der Waals surface area contributed by atoms with Gasteiger partial charge in [-0.05, 0) is 68.7 Å². The van der Waals surface area contributed by atoms with Crippen molar-refractivity contribution in [3.8, 4) is 0 Å². The van der Waals surface area contributed by atoms with Crippen LogP contribution in [0.2, 0.25) is 0 Å². The summed E-state index contributed by atoms with van der Waals surface area (Å²) in [7, 11) is -3.83. The molecule has 224 valence electrons. The van der Waals surface area contributed by atoms with E-state index in [4.69, 9.17) is 4.74 Å². The molecule has 0 saturated heterocycles. The predicted molar refractivity (Wildman–Crippen MR) is 166 cm³/mol. The Hall–Kier alpha value is -4.64. The Bertz CT molecular complexity index is 2020. The molecule has 5 aromatic rings. The fourth-order valence-corrected chi connectivity index (χ4v) is 6.31. The molecule has 43 heavy (non-hydrogen) atoms. The van der Waals surface area contributed by atoms with Gasteiger partial charge in [0.05, 0.1) is 42.4 Å². The maximum absolute atomic E-state index is 14.5. The number of amides is 1. The number of aryl methyl sites for hydroxylation is 2. The fraction of sp³-hybridized carbons (Fsp3) is 0.281. The third-order valence-corrected chi connectivity index (χ3v) is 8.15. The standard InChI is InChI=1S/C32H34N4O6S/c1-6-42-29(37)17-27(22-10-8-7-9-11-22)36-28-16-23(31(38)34-43(5,40)41)12-13-26(28)35(32(36)39)21(4)24-18-33-25-15-19(2)14-20(3)30(24)25/h7-16,18,21,27,33H,6,17H2,1-5H3,(H,34,38)/t21?,27-/m1/s1. The number of esters is 1. The van der Waals surface area contributed by atoms with E-state index in [2.05, 4.69) is 17.1 Å². The molecule has 2 atom stereocenters. The maximum atomic E-state index is 14.5. The lowest BCUT2D eigenvalue weighted by Crippen LogP contribution is -2.31. The first-order valence-corrected chi connectivity index (χ1v) is 15.9. The van der Waals surface area contributed by atoms with Gasteiger partial charge in [0.15, 0.2) is 0 Å². The van der Waals surface area contributed by atoms with Gasteiger partial charge in [-0.2, -0.15) is 0 Å². The predicted octanol–water partition coefficient (Wildman–Crippen LogP) is 4.74. The number of aromatic amines is 1. The molecule has 5 rings (SSSR count). The van der Waals surface area contributed by atoms with E-state index in [1.165, 1.54) is 16.7 Å². The van der Waals surface area contributed by atoms with Crippen LogP contribution in [0, 0.1) is 13.8 Å². The van der Waals surface area contributed by atoms with E-state index >= 15 is 0 Å². The molecule has 2 heterocycles. The summed E-state index contributed by atoms with van der Waals surface area (Å²) in [6.07, 6.45) is 2.67. The average Bonchev–Trinajstić information content (AvgIpc) is 3.49. The van der Waals surface area contributed by atoms with Crippen LogP contribution in [0.1, 0.15) is 65.0 Å². The molecule has 11 heteroatoms. The van der Waals surface area contributed by atoms with Crippen molar-refractivity contribution in [3.63, 3.8) is 0 Å². The van der Waals surface area contributed by atoms with E-state index < -0.39 is 34.0 Å². The van der Waals surface area contributed by atoms with Crippen LogP contribution in [0.15, 0.2) is 71.7 Å². The number of hydrogen-bond acceptors (Lipinski definition) is 6. The van der Waals surface area contributed by atoms with Crippen molar-refractivity contribution in [1.29, 1.82) is 0 Å². The van der Waals surface area contributed by atoms with E-state index in [-0.39, 0.29) is 24.3 Å². The number of aromatic nitrogens is 3. The molecule has 1 unspecified atom stereocenters. The van der Waals surface area contributed by atoms with E-state index in [1.807, 2.05) is 62.0 Å². The van der Waals surface area contributed by atoms with Crippen molar-refractivity contribution in [1.82, 2.24) is 18.8 Å². The van der Waals surface area contributed by atoms with E-state index in [9.17, 15) is 22.8 Å². The van der Waals surface area contributed by atoms with E-state index in [1.54, 1.807) is 17.6 Å². The number of ether oxygens (including phenoxy) is 1. The fourth-order valence-electron chi connectivity index (χ4n) is 5.86. The van der Waals surface area contributed by atoms with Crippen molar-refractivity contribution < 1.29 is 22.7 Å². The molecule has 0 aliphatic rings. The van der Waals surface area contributed by atoms with Gasteiger partial charge in [-0.15, -0.1) is 0 Å². The normalized spacial score (nSPS) is 13.2. The van der Waals surface area contributed by atoms with Crippen LogP contribution in [0.5, 0.6) is 0 Å². The summed E-state index contributed by atoms with van der Waals surface area (Å²) < 4.78 is 34.0. The van der Waals surface area contributed by atoms with Crippen LogP contribution < -0.4 is 10.4 Å². The summed E-state index contributed by atoms with van der Waals surface area (Å²) in [5.74, 6) is -1.31. The first-order valence-electron chi connectivity index (χ1n) is 14.0. The van der Waals surface area contributed by atoms with Gasteiger partial charge in [-0.1, -0.05) is 36.4 Å². The zero-order valence-corrected chi connectivity index (χ0v) is 25.5. The van der Waals surface area contributed by atoms with E-state index in [0.29, 0.717) is 16.6 Å². The second-order valence-corrected chi connectivity index (χ2v) is 12.5. The van der Waals surface area contributed by atoms with Crippen molar-refractivity contribution >= 4 is 43.8 Å². The average molecular weight is 603 g/mol. The summed E-state index contributed by atoms with van der Waals surface area (Å²) in [5.41, 5.74) is 5.32. The van der Waals surface area contributed by atoms with Crippen molar-refractivity contribution in [2.24, 2.45) is 0 Å². The molecule has 1 amide bonds. The topological polar surface area (TPSA) is 132 Å². The number of carbonyl (C=O) groups is 2. The molecule has 2 N–H and O–H groups in total. The molecule has 10 nitrogen and oxygen atoms in total. The van der Waals surface area contributed by atoms with Crippen LogP contribution in [0.25, 0.3) is 21.9 Å². The van der Waals surface area contributed by atoms with Gasteiger partial charge in [0.1, 0.15) is 0 Å². The molecule has 0 bridgehead atoms. The molecule has 3 aromatic carbocycles. The van der Waals surface area contributed by atoms with Crippen LogP contribution in [-0.2, 0) is 19.6 Å². The smallest absolute Gasteiger partial charge is 0.330 e. The number of benzene rings is 3. The Morgan fingerprint density at radius 3 is 2.40 bits per heavy atom. The summed E-state index contributed by atoms with van der Waals surface area (Å²) in [4.78, 5) is 43.6. The minimum absolute atomic E-state index is 0.0536. The highest BCUT2D eigenvalue weighted by Gasteiger charge is 2.29. The zero-order chi connectivity index (χ0) is 31.1. The summed E-state index contributed by atoms with van der Waals surface area (Å²) >= 11 is 0.